The fourth-order valence-corrected chi connectivity index (χ4v) is 3.96. The molecule has 1 aliphatic carbocycles. The monoisotopic (exact) mass is 322 g/mol. The van der Waals surface area contributed by atoms with E-state index < -0.39 is 0 Å². The van der Waals surface area contributed by atoms with Crippen LogP contribution < -0.4 is 5.32 Å². The Kier molecular flexibility index (Phi) is 4.25. The summed E-state index contributed by atoms with van der Waals surface area (Å²) in [6.07, 6.45) is 5.22. The third kappa shape index (κ3) is 3.21. The number of likely N-dealkylation sites (tertiary alicyclic amines) is 1. The average molecular weight is 323 g/mol. The van der Waals surface area contributed by atoms with E-state index in [2.05, 4.69) is 51.4 Å². The van der Waals surface area contributed by atoms with Gasteiger partial charge in [-0.2, -0.15) is 0 Å². The van der Waals surface area contributed by atoms with Crippen molar-refractivity contribution in [3.63, 3.8) is 0 Å². The summed E-state index contributed by atoms with van der Waals surface area (Å²) >= 11 is 3.57. The quantitative estimate of drug-likeness (QED) is 0.917. The maximum atomic E-state index is 3.81. The summed E-state index contributed by atoms with van der Waals surface area (Å²) in [6.45, 7) is 3.70. The lowest BCUT2D eigenvalue weighted by atomic mass is 9.98. The highest BCUT2D eigenvalue weighted by atomic mass is 79.9. The molecular weight excluding hydrogens is 300 g/mol. The van der Waals surface area contributed by atoms with Crippen LogP contribution in [0, 0.1) is 5.92 Å². The molecule has 2 unspecified atom stereocenters. The molecule has 2 aliphatic rings. The number of benzene rings is 1. The summed E-state index contributed by atoms with van der Waals surface area (Å²) in [5, 5.41) is 3.81. The van der Waals surface area contributed by atoms with Crippen LogP contribution in [0.5, 0.6) is 0 Å². The molecule has 0 amide bonds. The Morgan fingerprint density at radius 1 is 1.37 bits per heavy atom. The summed E-state index contributed by atoms with van der Waals surface area (Å²) in [5.41, 5.74) is 3.04. The van der Waals surface area contributed by atoms with E-state index in [1.165, 1.54) is 60.9 Å². The van der Waals surface area contributed by atoms with Crippen LogP contribution in [0.1, 0.15) is 36.4 Å². The molecule has 0 saturated carbocycles. The molecule has 3 rings (SSSR count). The lowest BCUT2D eigenvalue weighted by Crippen LogP contribution is -2.38. The van der Waals surface area contributed by atoms with Gasteiger partial charge in [-0.05, 0) is 75.0 Å². The van der Waals surface area contributed by atoms with Crippen molar-refractivity contribution >= 4 is 15.9 Å². The van der Waals surface area contributed by atoms with E-state index in [9.17, 15) is 0 Å². The molecule has 1 aromatic rings. The lowest BCUT2D eigenvalue weighted by Gasteiger charge is -2.30. The summed E-state index contributed by atoms with van der Waals surface area (Å²) in [5.74, 6) is 0.832. The maximum Gasteiger partial charge on any atom is 0.0326 e. The van der Waals surface area contributed by atoms with Gasteiger partial charge in [-0.15, -0.1) is 0 Å². The second-order valence-electron chi connectivity index (χ2n) is 6.11. The van der Waals surface area contributed by atoms with Crippen LogP contribution >= 0.6 is 15.9 Å². The van der Waals surface area contributed by atoms with E-state index in [1.54, 1.807) is 0 Å². The first-order valence-corrected chi connectivity index (χ1v) is 8.22. The first kappa shape index (κ1) is 13.6. The minimum Gasteiger partial charge on any atom is -0.310 e. The number of fused-ring (bicyclic) bond motifs is 1. The van der Waals surface area contributed by atoms with E-state index in [4.69, 9.17) is 0 Å². The van der Waals surface area contributed by atoms with E-state index in [1.807, 2.05) is 0 Å². The molecule has 0 spiro atoms. The third-order valence-corrected chi connectivity index (χ3v) is 5.05. The number of nitrogens with one attached hydrogen (secondary N) is 1. The number of aryl methyl sites for hydroxylation is 1. The van der Waals surface area contributed by atoms with Crippen LogP contribution in [0.4, 0.5) is 0 Å². The molecule has 2 atom stereocenters. The van der Waals surface area contributed by atoms with Crippen molar-refractivity contribution in [3.05, 3.63) is 33.8 Å². The number of piperidine rings is 1. The average Bonchev–Trinajstić information content (AvgIpc) is 2.78. The number of nitrogens with zero attached hydrogens (tertiary/aromatic N) is 1. The molecule has 3 heteroatoms. The molecule has 1 N–H and O–H groups in total. The van der Waals surface area contributed by atoms with Gasteiger partial charge in [0.25, 0.3) is 0 Å². The summed E-state index contributed by atoms with van der Waals surface area (Å²) in [7, 11) is 2.24. The Balaban J connectivity index is 1.57. The van der Waals surface area contributed by atoms with E-state index in [0.29, 0.717) is 6.04 Å². The van der Waals surface area contributed by atoms with Crippen molar-refractivity contribution in [3.8, 4) is 0 Å². The smallest absolute Gasteiger partial charge is 0.0326 e. The van der Waals surface area contributed by atoms with Crippen LogP contribution in [0.25, 0.3) is 0 Å². The van der Waals surface area contributed by atoms with Crippen LogP contribution in [0.3, 0.4) is 0 Å². The summed E-state index contributed by atoms with van der Waals surface area (Å²) in [4.78, 5) is 2.47. The third-order valence-electron chi connectivity index (χ3n) is 4.56. The molecular formula is C16H23BrN2. The second-order valence-corrected chi connectivity index (χ2v) is 7.03. The molecule has 1 saturated heterocycles. The topological polar surface area (TPSA) is 15.3 Å². The van der Waals surface area contributed by atoms with Gasteiger partial charge in [0.05, 0.1) is 0 Å². The fraction of sp³-hybridized carbons (Fsp3) is 0.625. The van der Waals surface area contributed by atoms with Gasteiger partial charge >= 0.3 is 0 Å². The van der Waals surface area contributed by atoms with Crippen molar-refractivity contribution in [2.75, 3.05) is 26.7 Å². The molecule has 104 valence electrons. The Morgan fingerprint density at radius 3 is 3.11 bits per heavy atom. The summed E-state index contributed by atoms with van der Waals surface area (Å²) in [6, 6.07) is 7.32. The fourth-order valence-electron chi connectivity index (χ4n) is 3.55. The minimum absolute atomic E-state index is 0.579. The highest BCUT2D eigenvalue weighted by Crippen LogP contribution is 2.33. The standard InChI is InChI=1S/C16H23BrN2/c1-19-8-2-3-12(11-19)10-18-16-7-4-13-9-14(17)5-6-15(13)16/h5-6,9,12,16,18H,2-4,7-8,10-11H2,1H3. The highest BCUT2D eigenvalue weighted by molar-refractivity contribution is 9.10. The van der Waals surface area contributed by atoms with Gasteiger partial charge < -0.3 is 10.2 Å². The number of hydrogen-bond donors (Lipinski definition) is 1. The molecule has 1 aliphatic heterocycles. The SMILES string of the molecule is CN1CCCC(CNC2CCc3cc(Br)ccc32)C1. The maximum absolute atomic E-state index is 3.81. The van der Waals surface area contributed by atoms with E-state index in [-0.39, 0.29) is 0 Å². The zero-order valence-corrected chi connectivity index (χ0v) is 13.2. The first-order chi connectivity index (χ1) is 9.22. The van der Waals surface area contributed by atoms with Gasteiger partial charge in [0.2, 0.25) is 0 Å². The Labute approximate surface area is 124 Å². The van der Waals surface area contributed by atoms with Crippen molar-refractivity contribution in [1.29, 1.82) is 0 Å². The number of hydrogen-bond acceptors (Lipinski definition) is 2. The molecule has 1 fully saturated rings. The van der Waals surface area contributed by atoms with Crippen LogP contribution in [0.15, 0.2) is 22.7 Å². The van der Waals surface area contributed by atoms with Crippen LogP contribution in [-0.4, -0.2) is 31.6 Å². The summed E-state index contributed by atoms with van der Waals surface area (Å²) < 4.78 is 1.21. The molecule has 1 heterocycles. The minimum atomic E-state index is 0.579. The zero-order chi connectivity index (χ0) is 13.2. The van der Waals surface area contributed by atoms with E-state index >= 15 is 0 Å². The Hall–Kier alpha value is -0.380. The van der Waals surface area contributed by atoms with Crippen molar-refractivity contribution < 1.29 is 0 Å². The van der Waals surface area contributed by atoms with Crippen LogP contribution in [0.2, 0.25) is 0 Å². The largest absolute Gasteiger partial charge is 0.310 e. The molecule has 0 aromatic heterocycles. The van der Waals surface area contributed by atoms with E-state index in [0.717, 1.165) is 5.92 Å². The molecule has 0 bridgehead atoms. The normalized spacial score (nSPS) is 27.5. The number of rotatable bonds is 3. The van der Waals surface area contributed by atoms with Crippen molar-refractivity contribution in [2.24, 2.45) is 5.92 Å². The van der Waals surface area contributed by atoms with Gasteiger partial charge in [-0.1, -0.05) is 22.0 Å². The van der Waals surface area contributed by atoms with Gasteiger partial charge in [0, 0.05) is 17.1 Å². The Morgan fingerprint density at radius 2 is 2.26 bits per heavy atom. The van der Waals surface area contributed by atoms with Gasteiger partial charge in [0.15, 0.2) is 0 Å². The lowest BCUT2D eigenvalue weighted by molar-refractivity contribution is 0.202. The number of halogens is 1. The molecule has 19 heavy (non-hydrogen) atoms. The second kappa shape index (κ2) is 5.94. The zero-order valence-electron chi connectivity index (χ0n) is 11.7. The first-order valence-electron chi connectivity index (χ1n) is 7.42. The molecule has 0 radical (unpaired) electrons. The van der Waals surface area contributed by atoms with Crippen molar-refractivity contribution in [1.82, 2.24) is 10.2 Å². The van der Waals surface area contributed by atoms with Crippen LogP contribution in [-0.2, 0) is 6.42 Å². The molecule has 2 nitrogen and oxygen atoms in total. The predicted molar refractivity (Wildman–Crippen MR) is 83.4 cm³/mol. The Bertz CT molecular complexity index is 446. The van der Waals surface area contributed by atoms with Gasteiger partial charge in [-0.3, -0.25) is 0 Å². The highest BCUT2D eigenvalue weighted by Gasteiger charge is 2.24. The van der Waals surface area contributed by atoms with Gasteiger partial charge in [0.1, 0.15) is 0 Å². The van der Waals surface area contributed by atoms with Gasteiger partial charge in [-0.25, -0.2) is 0 Å². The predicted octanol–water partition coefficient (Wildman–Crippen LogP) is 3.37. The molecule has 1 aromatic carbocycles. The van der Waals surface area contributed by atoms with Crippen molar-refractivity contribution in [2.45, 2.75) is 31.7 Å².